The van der Waals surface area contributed by atoms with E-state index in [0.717, 1.165) is 90.3 Å². The number of rotatable bonds is 9. The number of aromatic nitrogens is 4. The Morgan fingerprint density at radius 1 is 0.821 bits per heavy atom. The van der Waals surface area contributed by atoms with Crippen LogP contribution < -0.4 is 5.32 Å². The average Bonchev–Trinajstić information content (AvgIpc) is 3.72. The van der Waals surface area contributed by atoms with Gasteiger partial charge in [-0.15, -0.1) is 0 Å². The molecule has 296 valence electrons. The fraction of sp³-hybridized carbons (Fsp3) is 0.523. The van der Waals surface area contributed by atoms with Crippen molar-refractivity contribution >= 4 is 34.9 Å². The standard InChI is InChI=1S/C44H54ClN7O4/c1-27-31(32-14-8-10-28(39(32)45)24-38(53)40-46-34-25-51(22-18-36(34)49(40)3)29-11-6-5-7-12-29)13-9-15-33(27)48-42(54)41-47-35-26-52(23-19-37(35)50(41)4)30-16-20-44(2,21-17-30)43(55)56/h8-10,13-15,29-30H,5-7,11-12,16-26H2,1-4H3,(H,48,54)(H,55,56). The summed E-state index contributed by atoms with van der Waals surface area (Å²) in [6, 6.07) is 12.5. The second-order valence-corrected chi connectivity index (χ2v) is 17.3. The fourth-order valence-electron chi connectivity index (χ4n) is 9.85. The number of hydrogen-bond donors (Lipinski definition) is 2. The molecule has 4 aromatic rings. The van der Waals surface area contributed by atoms with Gasteiger partial charge in [-0.05, 0) is 75.1 Å². The predicted molar refractivity (Wildman–Crippen MR) is 217 cm³/mol. The summed E-state index contributed by atoms with van der Waals surface area (Å²) in [6.45, 7) is 7.15. The lowest BCUT2D eigenvalue weighted by Gasteiger charge is -2.41. The van der Waals surface area contributed by atoms with Gasteiger partial charge in [0.05, 0.1) is 21.8 Å². The van der Waals surface area contributed by atoms with Crippen molar-refractivity contribution < 1.29 is 19.5 Å². The van der Waals surface area contributed by atoms with Crippen molar-refractivity contribution in [1.29, 1.82) is 0 Å². The molecule has 0 radical (unpaired) electrons. The van der Waals surface area contributed by atoms with Gasteiger partial charge < -0.3 is 19.6 Å². The predicted octanol–water partition coefficient (Wildman–Crippen LogP) is 7.54. The number of amides is 1. The van der Waals surface area contributed by atoms with Crippen LogP contribution in [0.5, 0.6) is 0 Å². The number of carboxylic acid groups (broad SMARTS) is 1. The van der Waals surface area contributed by atoms with Crippen molar-refractivity contribution in [3.63, 3.8) is 0 Å². The number of imidazole rings is 2. The van der Waals surface area contributed by atoms with Gasteiger partial charge in [-0.25, -0.2) is 9.97 Å². The minimum atomic E-state index is -0.707. The molecule has 0 unspecified atom stereocenters. The molecule has 4 aliphatic rings. The van der Waals surface area contributed by atoms with E-state index in [2.05, 4.69) is 15.1 Å². The number of Topliss-reactive ketones (excluding diaryl/α,β-unsaturated/α-hetero) is 1. The average molecular weight is 780 g/mol. The number of carbonyl (C=O) groups is 3. The molecule has 4 heterocycles. The van der Waals surface area contributed by atoms with Gasteiger partial charge in [0.25, 0.3) is 5.91 Å². The number of carboxylic acids is 1. The third-order valence-corrected chi connectivity index (χ3v) is 14.0. The topological polar surface area (TPSA) is 126 Å². The van der Waals surface area contributed by atoms with Crippen molar-refractivity contribution in [3.05, 3.63) is 87.0 Å². The number of nitrogens with zero attached hydrogens (tertiary/aromatic N) is 6. The first kappa shape index (κ1) is 38.5. The number of aliphatic carboxylic acids is 1. The van der Waals surface area contributed by atoms with Gasteiger partial charge in [0.1, 0.15) is 0 Å². The summed E-state index contributed by atoms with van der Waals surface area (Å²) in [5.74, 6) is -0.192. The molecule has 2 N–H and O–H groups in total. The van der Waals surface area contributed by atoms with Crippen LogP contribution in [0.25, 0.3) is 11.1 Å². The Labute approximate surface area is 334 Å². The van der Waals surface area contributed by atoms with Gasteiger partial charge in [-0.2, -0.15) is 0 Å². The number of anilines is 1. The molecule has 2 aromatic heterocycles. The van der Waals surface area contributed by atoms with Crippen molar-refractivity contribution in [2.75, 3.05) is 18.4 Å². The van der Waals surface area contributed by atoms with Crippen LogP contribution in [0.3, 0.4) is 0 Å². The summed E-state index contributed by atoms with van der Waals surface area (Å²) in [7, 11) is 3.86. The van der Waals surface area contributed by atoms with E-state index in [1.54, 1.807) is 0 Å². The molecule has 2 aromatic carbocycles. The van der Waals surface area contributed by atoms with E-state index < -0.39 is 11.4 Å². The first-order chi connectivity index (χ1) is 26.9. The molecule has 0 spiro atoms. The van der Waals surface area contributed by atoms with E-state index in [1.807, 2.05) is 73.5 Å². The third-order valence-electron chi connectivity index (χ3n) is 13.5. The van der Waals surface area contributed by atoms with Gasteiger partial charge >= 0.3 is 5.97 Å². The zero-order valence-corrected chi connectivity index (χ0v) is 33.9. The normalized spacial score (nSPS) is 22.1. The molecular weight excluding hydrogens is 726 g/mol. The maximum Gasteiger partial charge on any atom is 0.309 e. The Morgan fingerprint density at radius 3 is 2.04 bits per heavy atom. The maximum absolute atomic E-state index is 13.8. The van der Waals surface area contributed by atoms with Crippen molar-refractivity contribution in [2.45, 2.75) is 116 Å². The van der Waals surface area contributed by atoms with Crippen LogP contribution in [-0.2, 0) is 51.2 Å². The van der Waals surface area contributed by atoms with E-state index in [4.69, 9.17) is 21.6 Å². The van der Waals surface area contributed by atoms with Crippen molar-refractivity contribution in [2.24, 2.45) is 19.5 Å². The Morgan fingerprint density at radius 2 is 1.39 bits per heavy atom. The van der Waals surface area contributed by atoms with Gasteiger partial charge in [0, 0.05) is 94.3 Å². The van der Waals surface area contributed by atoms with E-state index in [1.165, 1.54) is 32.1 Å². The highest BCUT2D eigenvalue weighted by Crippen LogP contribution is 2.40. The molecule has 0 saturated heterocycles. The third kappa shape index (κ3) is 7.22. The minimum Gasteiger partial charge on any atom is -0.481 e. The summed E-state index contributed by atoms with van der Waals surface area (Å²) in [6.07, 6.45) is 11.3. The van der Waals surface area contributed by atoms with Crippen molar-refractivity contribution in [1.82, 2.24) is 28.9 Å². The molecule has 2 fully saturated rings. The highest BCUT2D eigenvalue weighted by Gasteiger charge is 2.40. The lowest BCUT2D eigenvalue weighted by Crippen LogP contribution is -2.44. The Kier molecular flexibility index (Phi) is 10.7. The molecule has 1 amide bonds. The van der Waals surface area contributed by atoms with E-state index in [9.17, 15) is 19.5 Å². The molecule has 0 bridgehead atoms. The Hall–Kier alpha value is -4.32. The van der Waals surface area contributed by atoms with Crippen molar-refractivity contribution in [3.8, 4) is 11.1 Å². The summed E-state index contributed by atoms with van der Waals surface area (Å²) >= 11 is 7.10. The second kappa shape index (κ2) is 15.6. The number of benzene rings is 2. The summed E-state index contributed by atoms with van der Waals surface area (Å²) in [4.78, 5) is 54.1. The van der Waals surface area contributed by atoms with Crippen LogP contribution in [0.4, 0.5) is 5.69 Å². The lowest BCUT2D eigenvalue weighted by molar-refractivity contribution is -0.150. The number of fused-ring (bicyclic) bond motifs is 2. The van der Waals surface area contributed by atoms with Gasteiger partial charge in [-0.3, -0.25) is 24.2 Å². The van der Waals surface area contributed by atoms with E-state index in [0.29, 0.717) is 53.8 Å². The van der Waals surface area contributed by atoms with E-state index >= 15 is 0 Å². The lowest BCUT2D eigenvalue weighted by atomic mass is 9.73. The minimum absolute atomic E-state index is 0.0521. The van der Waals surface area contributed by atoms with E-state index in [-0.39, 0.29) is 18.1 Å². The SMILES string of the molecule is Cc1c(NC(=O)c2nc3c(n2C)CCN(C2CCC(C)(C(=O)O)CC2)C3)cccc1-c1cccc(CC(=O)c2nc3c(n2C)CCN(C2CCCCC2)C3)c1Cl. The summed E-state index contributed by atoms with van der Waals surface area (Å²) in [5, 5.41) is 13.3. The van der Waals surface area contributed by atoms with Crippen LogP contribution in [0.1, 0.15) is 120 Å². The van der Waals surface area contributed by atoms with Crippen LogP contribution in [0.15, 0.2) is 36.4 Å². The molecule has 8 rings (SSSR count). The second-order valence-electron chi connectivity index (χ2n) is 16.9. The zero-order valence-electron chi connectivity index (χ0n) is 33.2. The summed E-state index contributed by atoms with van der Waals surface area (Å²) < 4.78 is 3.90. The smallest absolute Gasteiger partial charge is 0.309 e. The van der Waals surface area contributed by atoms with Crippen LogP contribution in [0, 0.1) is 12.3 Å². The number of nitrogens with one attached hydrogen (secondary N) is 1. The highest BCUT2D eigenvalue weighted by molar-refractivity contribution is 6.34. The number of carbonyl (C=O) groups excluding carboxylic acids is 2. The largest absolute Gasteiger partial charge is 0.481 e. The van der Waals surface area contributed by atoms with Gasteiger partial charge in [0.2, 0.25) is 5.78 Å². The molecule has 56 heavy (non-hydrogen) atoms. The Bertz CT molecular complexity index is 2170. The summed E-state index contributed by atoms with van der Waals surface area (Å²) in [5.41, 5.74) is 7.45. The fourth-order valence-corrected chi connectivity index (χ4v) is 10.1. The first-order valence-electron chi connectivity index (χ1n) is 20.4. The quantitative estimate of drug-likeness (QED) is 0.167. The molecular formula is C44H54ClN7O4. The molecule has 2 aliphatic carbocycles. The molecule has 0 atom stereocenters. The van der Waals surface area contributed by atoms with Crippen LogP contribution in [-0.4, -0.2) is 76.8 Å². The molecule has 12 heteroatoms. The van der Waals surface area contributed by atoms with Crippen LogP contribution >= 0.6 is 11.6 Å². The van der Waals surface area contributed by atoms with Crippen LogP contribution in [0.2, 0.25) is 5.02 Å². The molecule has 2 aliphatic heterocycles. The molecule has 2 saturated carbocycles. The number of hydrogen-bond acceptors (Lipinski definition) is 7. The number of ketones is 1. The van der Waals surface area contributed by atoms with Gasteiger partial charge in [0.15, 0.2) is 11.6 Å². The molecule has 11 nitrogen and oxygen atoms in total. The number of halogens is 1. The highest BCUT2D eigenvalue weighted by atomic mass is 35.5. The Balaban J connectivity index is 0.952. The maximum atomic E-state index is 13.8. The monoisotopic (exact) mass is 779 g/mol. The first-order valence-corrected chi connectivity index (χ1v) is 20.8. The van der Waals surface area contributed by atoms with Gasteiger partial charge in [-0.1, -0.05) is 61.2 Å². The zero-order chi connectivity index (χ0) is 39.3.